The second-order valence-electron chi connectivity index (χ2n) is 10.9. The van der Waals surface area contributed by atoms with E-state index in [0.29, 0.717) is 16.3 Å². The highest BCUT2D eigenvalue weighted by Crippen LogP contribution is 2.36. The first-order chi connectivity index (χ1) is 19.7. The third kappa shape index (κ3) is 8.17. The second-order valence-corrected chi connectivity index (χ2v) is 13.2. The molecule has 0 aliphatic carbocycles. The van der Waals surface area contributed by atoms with Gasteiger partial charge < -0.3 is 19.7 Å². The van der Waals surface area contributed by atoms with Crippen molar-refractivity contribution in [3.8, 4) is 11.5 Å². The van der Waals surface area contributed by atoms with Crippen LogP contribution in [0.25, 0.3) is 0 Å². The highest BCUT2D eigenvalue weighted by atomic mass is 35.5. The summed E-state index contributed by atoms with van der Waals surface area (Å²) in [4.78, 5) is 28.7. The van der Waals surface area contributed by atoms with Gasteiger partial charge in [-0.15, -0.1) is 0 Å². The number of amides is 2. The van der Waals surface area contributed by atoms with E-state index in [1.54, 1.807) is 55.5 Å². The molecule has 42 heavy (non-hydrogen) atoms. The molecule has 3 aromatic rings. The van der Waals surface area contributed by atoms with Crippen LogP contribution in [0.2, 0.25) is 5.02 Å². The third-order valence-electron chi connectivity index (χ3n) is 6.45. The first-order valence-electron chi connectivity index (χ1n) is 13.3. The molecular weight excluding hydrogens is 578 g/mol. The molecule has 0 heterocycles. The molecular formula is C31H38ClN3O6S. The molecule has 0 saturated heterocycles. The van der Waals surface area contributed by atoms with Crippen LogP contribution >= 0.6 is 11.6 Å². The maximum absolute atomic E-state index is 14.1. The van der Waals surface area contributed by atoms with Gasteiger partial charge in [0.1, 0.15) is 24.1 Å². The molecule has 0 fully saturated rings. The second kappa shape index (κ2) is 13.5. The number of ether oxygens (including phenoxy) is 2. The average Bonchev–Trinajstić information content (AvgIpc) is 2.93. The maximum Gasteiger partial charge on any atom is 0.264 e. The molecule has 0 saturated carbocycles. The molecule has 3 aromatic carbocycles. The van der Waals surface area contributed by atoms with Gasteiger partial charge in [0.2, 0.25) is 11.8 Å². The molecule has 2 amide bonds. The molecule has 9 nitrogen and oxygen atoms in total. The normalized spacial score (nSPS) is 12.3. The van der Waals surface area contributed by atoms with Crippen LogP contribution in [0.15, 0.2) is 71.6 Å². The quantitative estimate of drug-likeness (QED) is 0.318. The number of carbonyl (C=O) groups is 2. The van der Waals surface area contributed by atoms with Gasteiger partial charge in [-0.05, 0) is 76.6 Å². The molecule has 0 unspecified atom stereocenters. The molecule has 1 atom stereocenters. The van der Waals surface area contributed by atoms with Gasteiger partial charge in [0.15, 0.2) is 0 Å². The monoisotopic (exact) mass is 615 g/mol. The molecule has 0 bridgehead atoms. The number of benzene rings is 3. The maximum atomic E-state index is 14.1. The average molecular weight is 616 g/mol. The Kier molecular flexibility index (Phi) is 10.5. The molecule has 0 aromatic heterocycles. The highest BCUT2D eigenvalue weighted by molar-refractivity contribution is 7.92. The smallest absolute Gasteiger partial charge is 0.264 e. The lowest BCUT2D eigenvalue weighted by Gasteiger charge is -2.33. The van der Waals surface area contributed by atoms with E-state index in [9.17, 15) is 18.0 Å². The SMILES string of the molecule is COc1ccc(OC)c(N(CC(=O)N(Cc2cccc(Cl)c2)[C@@H](C)C(=O)NC(C)(C)C)S(=O)(=O)c2ccc(C)cc2)c1. The van der Waals surface area contributed by atoms with E-state index < -0.39 is 34.1 Å². The number of nitrogens with zero attached hydrogens (tertiary/aromatic N) is 2. The minimum atomic E-state index is -4.28. The molecule has 0 aliphatic rings. The molecule has 3 rings (SSSR count). The van der Waals surface area contributed by atoms with E-state index in [4.69, 9.17) is 21.1 Å². The first kappa shape index (κ1) is 32.8. The van der Waals surface area contributed by atoms with Crippen LogP contribution < -0.4 is 19.1 Å². The van der Waals surface area contributed by atoms with Gasteiger partial charge in [-0.3, -0.25) is 13.9 Å². The lowest BCUT2D eigenvalue weighted by Crippen LogP contribution is -2.54. The number of hydrogen-bond acceptors (Lipinski definition) is 6. The fourth-order valence-electron chi connectivity index (χ4n) is 4.23. The van der Waals surface area contributed by atoms with Crippen LogP contribution in [0.3, 0.4) is 0 Å². The molecule has 11 heteroatoms. The summed E-state index contributed by atoms with van der Waals surface area (Å²) in [7, 11) is -1.42. The molecule has 0 spiro atoms. The summed E-state index contributed by atoms with van der Waals surface area (Å²) in [5.41, 5.74) is 1.12. The van der Waals surface area contributed by atoms with E-state index in [1.807, 2.05) is 27.7 Å². The van der Waals surface area contributed by atoms with Crippen molar-refractivity contribution < 1.29 is 27.5 Å². The Bertz CT molecular complexity index is 1520. The standard InChI is InChI=1S/C31H38ClN3O6S/c1-21-11-14-26(15-12-21)42(38,39)35(27-18-25(40-6)13-16-28(27)41-7)20-29(36)34(19-23-9-8-10-24(32)17-23)22(2)30(37)33-31(3,4)5/h8-18,22H,19-20H2,1-7H3,(H,33,37)/t22-/m0/s1. The minimum absolute atomic E-state index is 0.00862. The number of methoxy groups -OCH3 is 2. The fourth-order valence-corrected chi connectivity index (χ4v) is 5.86. The van der Waals surface area contributed by atoms with Crippen LogP contribution in [0, 0.1) is 6.92 Å². The van der Waals surface area contributed by atoms with Crippen LogP contribution in [0.5, 0.6) is 11.5 Å². The van der Waals surface area contributed by atoms with Gasteiger partial charge in [0.05, 0.1) is 24.8 Å². The molecule has 0 radical (unpaired) electrons. The van der Waals surface area contributed by atoms with Crippen molar-refractivity contribution >= 4 is 39.1 Å². The van der Waals surface area contributed by atoms with Crippen molar-refractivity contribution in [2.75, 3.05) is 25.1 Å². The van der Waals surface area contributed by atoms with Gasteiger partial charge in [0, 0.05) is 23.2 Å². The summed E-state index contributed by atoms with van der Waals surface area (Å²) < 4.78 is 40.1. The Morgan fingerprint density at radius 2 is 1.64 bits per heavy atom. The zero-order chi connectivity index (χ0) is 31.2. The summed E-state index contributed by atoms with van der Waals surface area (Å²) in [6.45, 7) is 8.37. The largest absolute Gasteiger partial charge is 0.497 e. The summed E-state index contributed by atoms with van der Waals surface area (Å²) in [6, 6.07) is 17.0. The Balaban J connectivity index is 2.13. The van der Waals surface area contributed by atoms with E-state index in [1.165, 1.54) is 37.3 Å². The van der Waals surface area contributed by atoms with E-state index in [0.717, 1.165) is 9.87 Å². The number of halogens is 1. The Morgan fingerprint density at radius 1 is 0.976 bits per heavy atom. The molecule has 1 N–H and O–H groups in total. The van der Waals surface area contributed by atoms with Crippen molar-refractivity contribution in [1.82, 2.24) is 10.2 Å². The zero-order valence-electron chi connectivity index (χ0n) is 25.0. The van der Waals surface area contributed by atoms with Crippen LogP contribution in [0.4, 0.5) is 5.69 Å². The number of rotatable bonds is 11. The third-order valence-corrected chi connectivity index (χ3v) is 8.46. The Morgan fingerprint density at radius 3 is 2.21 bits per heavy atom. The molecule has 226 valence electrons. The van der Waals surface area contributed by atoms with E-state index >= 15 is 0 Å². The van der Waals surface area contributed by atoms with Gasteiger partial charge in [-0.1, -0.05) is 41.4 Å². The van der Waals surface area contributed by atoms with Crippen molar-refractivity contribution in [2.24, 2.45) is 0 Å². The lowest BCUT2D eigenvalue weighted by atomic mass is 10.1. The van der Waals surface area contributed by atoms with Gasteiger partial charge in [-0.2, -0.15) is 0 Å². The predicted octanol–water partition coefficient (Wildman–Crippen LogP) is 5.19. The van der Waals surface area contributed by atoms with Crippen molar-refractivity contribution in [1.29, 1.82) is 0 Å². The predicted molar refractivity (Wildman–Crippen MR) is 165 cm³/mol. The highest BCUT2D eigenvalue weighted by Gasteiger charge is 2.34. The summed E-state index contributed by atoms with van der Waals surface area (Å²) in [5, 5.41) is 3.37. The topological polar surface area (TPSA) is 105 Å². The van der Waals surface area contributed by atoms with Crippen molar-refractivity contribution in [2.45, 2.75) is 57.6 Å². The van der Waals surface area contributed by atoms with Crippen LogP contribution in [0.1, 0.15) is 38.8 Å². The number of hydrogen-bond donors (Lipinski definition) is 1. The minimum Gasteiger partial charge on any atom is -0.497 e. The number of carbonyl (C=O) groups excluding carboxylic acids is 2. The first-order valence-corrected chi connectivity index (χ1v) is 15.2. The Hall–Kier alpha value is -3.76. The van der Waals surface area contributed by atoms with Crippen LogP contribution in [-0.2, 0) is 26.2 Å². The number of anilines is 1. The summed E-state index contributed by atoms with van der Waals surface area (Å²) in [5.74, 6) is -0.396. The fraction of sp³-hybridized carbons (Fsp3) is 0.355. The van der Waals surface area contributed by atoms with Gasteiger partial charge in [0.25, 0.3) is 10.0 Å². The van der Waals surface area contributed by atoms with Crippen LogP contribution in [-0.4, -0.2) is 57.5 Å². The summed E-state index contributed by atoms with van der Waals surface area (Å²) >= 11 is 6.21. The lowest BCUT2D eigenvalue weighted by molar-refractivity contribution is -0.140. The van der Waals surface area contributed by atoms with E-state index in [-0.39, 0.29) is 28.8 Å². The van der Waals surface area contributed by atoms with Gasteiger partial charge >= 0.3 is 0 Å². The van der Waals surface area contributed by atoms with Crippen molar-refractivity contribution in [3.63, 3.8) is 0 Å². The number of aryl methyl sites for hydroxylation is 1. The summed E-state index contributed by atoms with van der Waals surface area (Å²) in [6.07, 6.45) is 0. The van der Waals surface area contributed by atoms with E-state index in [2.05, 4.69) is 5.32 Å². The van der Waals surface area contributed by atoms with Gasteiger partial charge in [-0.25, -0.2) is 8.42 Å². The van der Waals surface area contributed by atoms with Crippen molar-refractivity contribution in [3.05, 3.63) is 82.9 Å². The molecule has 0 aliphatic heterocycles. The number of nitrogens with one attached hydrogen (secondary N) is 1. The zero-order valence-corrected chi connectivity index (χ0v) is 26.5. The number of sulfonamides is 1. The Labute approximate surface area is 253 Å².